The van der Waals surface area contributed by atoms with Gasteiger partial charge in [-0.05, 0) is 12.8 Å². The molecule has 1 aliphatic rings. The Hall–Kier alpha value is -0.460. The van der Waals surface area contributed by atoms with E-state index < -0.39 is 11.4 Å². The summed E-state index contributed by atoms with van der Waals surface area (Å²) < 4.78 is 24.0. The number of nitrogens with zero attached hydrogens (tertiary/aromatic N) is 1. The first-order valence-electron chi connectivity index (χ1n) is 3.70. The van der Waals surface area contributed by atoms with E-state index in [-0.39, 0.29) is 12.5 Å². The van der Waals surface area contributed by atoms with E-state index >= 15 is 0 Å². The summed E-state index contributed by atoms with van der Waals surface area (Å²) in [5.74, 6) is -0.253. The van der Waals surface area contributed by atoms with Crippen LogP contribution < -0.4 is 0 Å². The highest BCUT2D eigenvalue weighted by molar-refractivity contribution is 7.74. The number of carbonyl (C=O) groups is 1. The summed E-state index contributed by atoms with van der Waals surface area (Å²) in [6.07, 6.45) is 1.98. The number of hydrogen-bond acceptors (Lipinski definition) is 4. The van der Waals surface area contributed by atoms with E-state index in [1.807, 2.05) is 0 Å². The van der Waals surface area contributed by atoms with Gasteiger partial charge in [0, 0.05) is 13.1 Å². The third-order valence-electron chi connectivity index (χ3n) is 1.74. The Kier molecular flexibility index (Phi) is 3.64. The topological polar surface area (TPSA) is 69.7 Å². The van der Waals surface area contributed by atoms with Crippen molar-refractivity contribution in [2.75, 3.05) is 19.7 Å². The van der Waals surface area contributed by atoms with E-state index in [2.05, 4.69) is 4.18 Å². The first-order valence-corrected chi connectivity index (χ1v) is 4.70. The molecule has 1 saturated heterocycles. The summed E-state index contributed by atoms with van der Waals surface area (Å²) in [5, 5.41) is 0. The summed E-state index contributed by atoms with van der Waals surface area (Å²) >= 11 is -2.58. The molecule has 5 nitrogen and oxygen atoms in total. The minimum atomic E-state index is -2.58. The van der Waals surface area contributed by atoms with Gasteiger partial charge >= 0.3 is 0 Å². The first kappa shape index (κ1) is 9.63. The maximum absolute atomic E-state index is 11.1. The number of amides is 1. The average Bonchev–Trinajstić information content (AvgIpc) is 2.51. The zero-order chi connectivity index (χ0) is 8.97. The van der Waals surface area contributed by atoms with Gasteiger partial charge in [-0.1, -0.05) is 0 Å². The molecule has 12 heavy (non-hydrogen) atoms. The number of rotatable bonds is 3. The van der Waals surface area contributed by atoms with Crippen LogP contribution in [0.1, 0.15) is 12.8 Å². The summed E-state index contributed by atoms with van der Waals surface area (Å²) in [6.45, 7) is 1.07. The van der Waals surface area contributed by atoms with Gasteiger partial charge in [0.1, 0.15) is 6.61 Å². The van der Waals surface area contributed by atoms with Gasteiger partial charge in [-0.25, -0.2) is 4.21 Å². The van der Waals surface area contributed by atoms with Gasteiger partial charge < -0.3 is 9.45 Å². The van der Waals surface area contributed by atoms with Crippen LogP contribution in [0.15, 0.2) is 0 Å². The monoisotopic (exact) mass is 192 g/mol. The van der Waals surface area contributed by atoms with Gasteiger partial charge in [0.2, 0.25) is 5.91 Å². The fraction of sp³-hybridized carbons (Fsp3) is 0.833. The van der Waals surface area contributed by atoms with Crippen LogP contribution >= 0.6 is 0 Å². The second kappa shape index (κ2) is 4.54. The molecule has 6 heteroatoms. The molecule has 1 aliphatic heterocycles. The highest BCUT2D eigenvalue weighted by Crippen LogP contribution is 2.07. The fourth-order valence-electron chi connectivity index (χ4n) is 1.16. The lowest BCUT2D eigenvalue weighted by Crippen LogP contribution is -2.31. The molecule has 0 aromatic heterocycles. The molecule has 0 N–H and O–H groups in total. The lowest BCUT2D eigenvalue weighted by Gasteiger charge is -2.15. The lowest BCUT2D eigenvalue weighted by atomic mass is 10.4. The Morgan fingerprint density at radius 1 is 1.50 bits per heavy atom. The molecule has 1 heterocycles. The summed E-state index contributed by atoms with van der Waals surface area (Å²) in [4.78, 5) is 12.7. The van der Waals surface area contributed by atoms with Crippen LogP contribution in [0, 0.1) is 0 Å². The average molecular weight is 192 g/mol. The maximum atomic E-state index is 11.1. The van der Waals surface area contributed by atoms with Crippen LogP contribution in [0.4, 0.5) is 0 Å². The van der Waals surface area contributed by atoms with Crippen molar-refractivity contribution < 1.29 is 17.7 Å². The summed E-state index contributed by atoms with van der Waals surface area (Å²) in [7, 11) is 0. The van der Waals surface area contributed by atoms with Crippen LogP contribution in [-0.4, -0.2) is 39.3 Å². The number of carbonyl (C=O) groups excluding carboxylic acids is 1. The van der Waals surface area contributed by atoms with Crippen molar-refractivity contribution in [1.82, 2.24) is 4.90 Å². The molecular weight excluding hydrogens is 182 g/mol. The molecule has 1 atom stereocenters. The van der Waals surface area contributed by atoms with Crippen molar-refractivity contribution in [3.8, 4) is 0 Å². The van der Waals surface area contributed by atoms with Crippen molar-refractivity contribution >= 4 is 17.3 Å². The van der Waals surface area contributed by atoms with E-state index in [9.17, 15) is 13.6 Å². The zero-order valence-electron chi connectivity index (χ0n) is 6.52. The predicted octanol–water partition coefficient (Wildman–Crippen LogP) is -0.580. The van der Waals surface area contributed by atoms with Crippen LogP contribution in [0.2, 0.25) is 0 Å². The largest absolute Gasteiger partial charge is 0.750 e. The van der Waals surface area contributed by atoms with Crippen molar-refractivity contribution in [2.24, 2.45) is 0 Å². The Morgan fingerprint density at radius 2 is 2.08 bits per heavy atom. The highest BCUT2D eigenvalue weighted by atomic mass is 32.2. The quantitative estimate of drug-likeness (QED) is 0.561. The molecule has 0 aromatic rings. The SMILES string of the molecule is O=C(COS(=O)[O-])N1CCCC1. The molecule has 70 valence electrons. The molecule has 1 fully saturated rings. The first-order chi connectivity index (χ1) is 5.70. The molecule has 0 bridgehead atoms. The van der Waals surface area contributed by atoms with Gasteiger partial charge in [0.25, 0.3) is 0 Å². The smallest absolute Gasteiger partial charge is 0.249 e. The highest BCUT2D eigenvalue weighted by Gasteiger charge is 2.17. The van der Waals surface area contributed by atoms with E-state index in [4.69, 9.17) is 0 Å². The Balaban J connectivity index is 2.23. The molecule has 0 aliphatic carbocycles. The minimum Gasteiger partial charge on any atom is -0.750 e. The predicted molar refractivity (Wildman–Crippen MR) is 40.7 cm³/mol. The van der Waals surface area contributed by atoms with Gasteiger partial charge in [0.05, 0.1) is 11.4 Å². The number of hydrogen-bond donors (Lipinski definition) is 0. The Labute approximate surface area is 73.2 Å². The Bertz CT molecular complexity index is 190. The van der Waals surface area contributed by atoms with Gasteiger partial charge in [-0.3, -0.25) is 8.98 Å². The van der Waals surface area contributed by atoms with Gasteiger partial charge in [-0.2, -0.15) is 0 Å². The summed E-state index contributed by atoms with van der Waals surface area (Å²) in [5.41, 5.74) is 0. The van der Waals surface area contributed by atoms with Crippen LogP contribution in [-0.2, 0) is 20.3 Å². The molecule has 1 rings (SSSR count). The normalized spacial score (nSPS) is 19.6. The minimum absolute atomic E-state index is 0.253. The van der Waals surface area contributed by atoms with E-state index in [0.29, 0.717) is 13.1 Å². The summed E-state index contributed by atoms with van der Waals surface area (Å²) in [6, 6.07) is 0. The molecule has 0 aromatic carbocycles. The maximum Gasteiger partial charge on any atom is 0.249 e. The fourth-order valence-corrected chi connectivity index (χ4v) is 1.35. The standard InChI is InChI=1S/C6H11NO4S/c8-6(5-11-12(9)10)7-3-1-2-4-7/h1-5H2,(H,9,10)/p-1. The second-order valence-corrected chi connectivity index (χ2v) is 3.20. The van der Waals surface area contributed by atoms with Crippen molar-refractivity contribution in [3.05, 3.63) is 0 Å². The van der Waals surface area contributed by atoms with E-state index in [0.717, 1.165) is 12.8 Å². The molecule has 0 radical (unpaired) electrons. The van der Waals surface area contributed by atoms with Crippen LogP contribution in [0.25, 0.3) is 0 Å². The molecule has 0 saturated carbocycles. The Morgan fingerprint density at radius 3 is 2.58 bits per heavy atom. The molecular formula is C6H10NO4S-. The number of likely N-dealkylation sites (tertiary alicyclic amines) is 1. The van der Waals surface area contributed by atoms with Crippen molar-refractivity contribution in [1.29, 1.82) is 0 Å². The van der Waals surface area contributed by atoms with Crippen molar-refractivity contribution in [3.63, 3.8) is 0 Å². The van der Waals surface area contributed by atoms with Gasteiger partial charge in [-0.15, -0.1) is 0 Å². The van der Waals surface area contributed by atoms with Crippen LogP contribution in [0.3, 0.4) is 0 Å². The molecule has 0 spiro atoms. The molecule has 1 unspecified atom stereocenters. The third kappa shape index (κ3) is 2.88. The third-order valence-corrected chi connectivity index (χ3v) is 2.05. The van der Waals surface area contributed by atoms with E-state index in [1.165, 1.54) is 0 Å². The lowest BCUT2D eigenvalue weighted by molar-refractivity contribution is -0.132. The van der Waals surface area contributed by atoms with Crippen molar-refractivity contribution in [2.45, 2.75) is 12.8 Å². The van der Waals surface area contributed by atoms with Gasteiger partial charge in [0.15, 0.2) is 0 Å². The zero-order valence-corrected chi connectivity index (χ0v) is 7.34. The van der Waals surface area contributed by atoms with E-state index in [1.54, 1.807) is 4.90 Å². The molecule has 1 amide bonds. The second-order valence-electron chi connectivity index (χ2n) is 2.55. The van der Waals surface area contributed by atoms with Crippen LogP contribution in [0.5, 0.6) is 0 Å².